The second kappa shape index (κ2) is 10.6. The van der Waals surface area contributed by atoms with Crippen molar-refractivity contribution in [1.29, 1.82) is 0 Å². The topological polar surface area (TPSA) is 83.1 Å². The van der Waals surface area contributed by atoms with Gasteiger partial charge in [-0.25, -0.2) is 9.59 Å². The predicted octanol–water partition coefficient (Wildman–Crippen LogP) is 3.83. The summed E-state index contributed by atoms with van der Waals surface area (Å²) in [5, 5.41) is 3.13. The van der Waals surface area contributed by atoms with Crippen molar-refractivity contribution in [2.75, 3.05) is 27.4 Å². The number of halogens is 1. The van der Waals surface area contributed by atoms with Gasteiger partial charge in [0.05, 0.1) is 36.9 Å². The lowest BCUT2D eigenvalue weighted by Gasteiger charge is -2.31. The fraction of sp³-hybridized carbons (Fsp3) is 0.455. The minimum absolute atomic E-state index is 0.100. The zero-order chi connectivity index (χ0) is 22.4. The monoisotopic (exact) mass is 481 g/mol. The van der Waals surface area contributed by atoms with E-state index in [1.807, 2.05) is 12.1 Å². The maximum absolute atomic E-state index is 13.1. The van der Waals surface area contributed by atoms with Gasteiger partial charge < -0.3 is 24.3 Å². The van der Waals surface area contributed by atoms with E-state index in [1.54, 1.807) is 40.9 Å². The Hall–Kier alpha value is -2.32. The van der Waals surface area contributed by atoms with Gasteiger partial charge in [-0.15, -0.1) is 0 Å². The van der Waals surface area contributed by atoms with Gasteiger partial charge in [0.25, 0.3) is 0 Å². The van der Waals surface area contributed by atoms with E-state index in [-0.39, 0.29) is 19.3 Å². The summed E-state index contributed by atoms with van der Waals surface area (Å²) < 4.78 is 22.2. The first-order valence-corrected chi connectivity index (χ1v) is 10.4. The van der Waals surface area contributed by atoms with Crippen LogP contribution in [0.3, 0.4) is 0 Å². The summed E-state index contributed by atoms with van der Waals surface area (Å²) >= 11 is 3.48. The van der Waals surface area contributed by atoms with Crippen LogP contribution in [0.4, 0.5) is 0 Å². The maximum atomic E-state index is 13.1. The third-order valence-corrected chi connectivity index (χ3v) is 5.06. The van der Waals surface area contributed by atoms with E-state index in [1.165, 1.54) is 7.11 Å². The molecule has 7 nitrogen and oxygen atoms in total. The van der Waals surface area contributed by atoms with E-state index < -0.39 is 17.9 Å². The summed E-state index contributed by atoms with van der Waals surface area (Å²) in [6.07, 6.45) is -0.313. The van der Waals surface area contributed by atoms with Crippen molar-refractivity contribution in [3.63, 3.8) is 0 Å². The summed E-state index contributed by atoms with van der Waals surface area (Å²) in [7, 11) is 3.07. The Balaban J connectivity index is 2.65. The highest BCUT2D eigenvalue weighted by atomic mass is 79.9. The Morgan fingerprint density at radius 1 is 1.07 bits per heavy atom. The molecule has 0 fully saturated rings. The van der Waals surface area contributed by atoms with E-state index in [4.69, 9.17) is 18.9 Å². The zero-order valence-electron chi connectivity index (χ0n) is 18.1. The Morgan fingerprint density at radius 2 is 1.70 bits per heavy atom. The molecule has 0 saturated heterocycles. The number of ether oxygens (including phenoxy) is 4. The highest BCUT2D eigenvalue weighted by molar-refractivity contribution is 9.10. The fourth-order valence-corrected chi connectivity index (χ4v) is 3.73. The maximum Gasteiger partial charge on any atom is 0.337 e. The van der Waals surface area contributed by atoms with E-state index in [0.29, 0.717) is 33.9 Å². The van der Waals surface area contributed by atoms with Crippen LogP contribution in [-0.4, -0.2) is 45.5 Å². The van der Waals surface area contributed by atoms with Crippen LogP contribution in [0, 0.1) is 0 Å². The van der Waals surface area contributed by atoms with Crippen LogP contribution in [0.2, 0.25) is 0 Å². The first-order chi connectivity index (χ1) is 14.2. The molecule has 0 bridgehead atoms. The lowest BCUT2D eigenvalue weighted by atomic mass is 9.80. The van der Waals surface area contributed by atoms with E-state index >= 15 is 0 Å². The van der Waals surface area contributed by atoms with Crippen molar-refractivity contribution in [2.45, 2.75) is 39.7 Å². The van der Waals surface area contributed by atoms with E-state index in [2.05, 4.69) is 21.2 Å². The largest absolute Gasteiger partial charge is 0.496 e. The number of hydrogen-bond acceptors (Lipinski definition) is 7. The average molecular weight is 482 g/mol. The summed E-state index contributed by atoms with van der Waals surface area (Å²) in [6, 6.07) is 5.45. The van der Waals surface area contributed by atoms with Gasteiger partial charge in [0.15, 0.2) is 0 Å². The summed E-state index contributed by atoms with van der Waals surface area (Å²) in [5.74, 6) is -1.22. The molecule has 1 aliphatic heterocycles. The first-order valence-electron chi connectivity index (χ1n) is 9.60. The number of esters is 2. The highest BCUT2D eigenvalue weighted by Crippen LogP contribution is 2.43. The molecule has 0 unspecified atom stereocenters. The normalized spacial score (nSPS) is 16.5. The summed E-state index contributed by atoms with van der Waals surface area (Å²) in [6.45, 7) is 7.49. The summed E-state index contributed by atoms with van der Waals surface area (Å²) in [5.41, 5.74) is 2.52. The molecule has 164 valence electrons. The molecule has 0 saturated carbocycles. The molecule has 1 aliphatic rings. The van der Waals surface area contributed by atoms with Crippen LogP contribution in [0.15, 0.2) is 45.2 Å². The number of rotatable bonds is 8. The average Bonchev–Trinajstić information content (AvgIpc) is 2.66. The lowest BCUT2D eigenvalue weighted by molar-refractivity contribution is -0.143. The van der Waals surface area contributed by atoms with Gasteiger partial charge in [-0.3, -0.25) is 0 Å². The second-order valence-electron chi connectivity index (χ2n) is 7.10. The number of hydrogen-bond donors (Lipinski definition) is 1. The molecule has 30 heavy (non-hydrogen) atoms. The predicted molar refractivity (Wildman–Crippen MR) is 116 cm³/mol. The van der Waals surface area contributed by atoms with Crippen LogP contribution < -0.4 is 10.1 Å². The van der Waals surface area contributed by atoms with E-state index in [9.17, 15) is 9.59 Å². The second-order valence-corrected chi connectivity index (χ2v) is 8.02. The molecular formula is C22H28BrNO6. The standard InChI is InChI=1S/C22H28BrNO6/c1-12(2)30-22(26)19-14(4)24-13(3)18(21(25)29-10-9-27-5)20(19)16-11-15(23)7-8-17(16)28-6/h7-8,11-12,20,24H,9-10H2,1-6H3/t20-/m0/s1. The molecule has 1 heterocycles. The van der Waals surface area contributed by atoms with Crippen LogP contribution in [-0.2, 0) is 23.8 Å². The minimum Gasteiger partial charge on any atom is -0.496 e. The SMILES string of the molecule is COCCOC(=O)C1=C(C)NC(C)=C(C(=O)OC(C)C)[C@H]1c1cc(Br)ccc1OC. The van der Waals surface area contributed by atoms with E-state index in [0.717, 1.165) is 4.47 Å². The van der Waals surface area contributed by atoms with Gasteiger partial charge in [0.1, 0.15) is 12.4 Å². The van der Waals surface area contributed by atoms with Crippen LogP contribution in [0.1, 0.15) is 39.2 Å². The van der Waals surface area contributed by atoms with Gasteiger partial charge in [0.2, 0.25) is 0 Å². The quantitative estimate of drug-likeness (QED) is 0.446. The lowest BCUT2D eigenvalue weighted by Crippen LogP contribution is -2.33. The number of methoxy groups -OCH3 is 2. The Morgan fingerprint density at radius 3 is 2.27 bits per heavy atom. The van der Waals surface area contributed by atoms with Gasteiger partial charge in [-0.2, -0.15) is 0 Å². The van der Waals surface area contributed by atoms with Gasteiger partial charge >= 0.3 is 11.9 Å². The van der Waals surface area contributed by atoms with Crippen molar-refractivity contribution in [3.05, 3.63) is 50.8 Å². The molecule has 1 aromatic rings. The van der Waals surface area contributed by atoms with Gasteiger partial charge in [-0.1, -0.05) is 15.9 Å². The minimum atomic E-state index is -0.722. The molecule has 1 aromatic carbocycles. The Labute approximate surface area is 185 Å². The molecule has 8 heteroatoms. The third-order valence-electron chi connectivity index (χ3n) is 4.57. The highest BCUT2D eigenvalue weighted by Gasteiger charge is 2.39. The first kappa shape index (κ1) is 24.0. The smallest absolute Gasteiger partial charge is 0.337 e. The van der Waals surface area contributed by atoms with Crippen molar-refractivity contribution >= 4 is 27.9 Å². The number of carbonyl (C=O) groups excluding carboxylic acids is 2. The molecule has 0 aromatic heterocycles. The molecule has 1 atom stereocenters. The molecule has 1 N–H and O–H groups in total. The molecule has 0 radical (unpaired) electrons. The third kappa shape index (κ3) is 5.43. The van der Waals surface area contributed by atoms with Crippen molar-refractivity contribution in [1.82, 2.24) is 5.32 Å². The fourth-order valence-electron chi connectivity index (χ4n) is 3.35. The number of benzene rings is 1. The van der Waals surface area contributed by atoms with Gasteiger partial charge in [0, 0.05) is 28.5 Å². The van der Waals surface area contributed by atoms with Crippen molar-refractivity contribution in [3.8, 4) is 5.75 Å². The number of dihydropyridines is 1. The zero-order valence-corrected chi connectivity index (χ0v) is 19.7. The van der Waals surface area contributed by atoms with Crippen LogP contribution >= 0.6 is 15.9 Å². The Kier molecular flexibility index (Phi) is 8.49. The Bertz CT molecular complexity index is 874. The van der Waals surface area contributed by atoms with Crippen molar-refractivity contribution < 1.29 is 28.5 Å². The molecule has 0 amide bonds. The van der Waals surface area contributed by atoms with Crippen LogP contribution in [0.25, 0.3) is 0 Å². The summed E-state index contributed by atoms with van der Waals surface area (Å²) in [4.78, 5) is 26.1. The van der Waals surface area contributed by atoms with Gasteiger partial charge in [-0.05, 0) is 45.9 Å². The van der Waals surface area contributed by atoms with Crippen molar-refractivity contribution in [2.24, 2.45) is 0 Å². The molecule has 2 rings (SSSR count). The van der Waals surface area contributed by atoms with Crippen LogP contribution in [0.5, 0.6) is 5.75 Å². The molecule has 0 spiro atoms. The molecule has 0 aliphatic carbocycles. The number of nitrogens with one attached hydrogen (secondary N) is 1. The number of allylic oxidation sites excluding steroid dienone is 2. The molecular weight excluding hydrogens is 454 g/mol. The number of carbonyl (C=O) groups is 2.